The number of aromatic nitrogens is 1. The van der Waals surface area contributed by atoms with E-state index in [2.05, 4.69) is 10.6 Å². The van der Waals surface area contributed by atoms with Crippen LogP contribution in [0.15, 0.2) is 24.3 Å². The lowest BCUT2D eigenvalue weighted by Gasteiger charge is -2.48. The highest BCUT2D eigenvalue weighted by atomic mass is 16.2. The summed E-state index contributed by atoms with van der Waals surface area (Å²) in [6, 6.07) is 7.96. The summed E-state index contributed by atoms with van der Waals surface area (Å²) in [5, 5.41) is 7.16. The van der Waals surface area contributed by atoms with Crippen LogP contribution in [0.2, 0.25) is 0 Å². The Morgan fingerprint density at radius 1 is 0.917 bits per heavy atom. The second-order valence-electron chi connectivity index (χ2n) is 11.3. The van der Waals surface area contributed by atoms with Crippen molar-refractivity contribution < 1.29 is 14.4 Å². The molecule has 0 saturated heterocycles. The van der Waals surface area contributed by atoms with Crippen LogP contribution in [-0.4, -0.2) is 44.8 Å². The first-order valence-electron chi connectivity index (χ1n) is 13.9. The van der Waals surface area contributed by atoms with Gasteiger partial charge in [-0.2, -0.15) is 0 Å². The fourth-order valence-electron chi connectivity index (χ4n) is 6.75. The Morgan fingerprint density at radius 3 is 2.17 bits per heavy atom. The fourth-order valence-corrected chi connectivity index (χ4v) is 6.75. The van der Waals surface area contributed by atoms with Gasteiger partial charge < -0.3 is 20.1 Å². The second kappa shape index (κ2) is 10.3. The molecule has 1 aromatic heterocycles. The summed E-state index contributed by atoms with van der Waals surface area (Å²) in [4.78, 5) is 42.6. The van der Waals surface area contributed by atoms with E-state index in [1.165, 1.54) is 32.6 Å². The van der Waals surface area contributed by atoms with Crippen LogP contribution in [0.4, 0.5) is 5.69 Å². The van der Waals surface area contributed by atoms with Crippen molar-refractivity contribution >= 4 is 34.3 Å². The van der Waals surface area contributed by atoms with E-state index in [0.717, 1.165) is 62.3 Å². The molecule has 5 rings (SSSR count). The molecule has 194 valence electrons. The van der Waals surface area contributed by atoms with Crippen LogP contribution >= 0.6 is 0 Å². The third-order valence-electron chi connectivity index (χ3n) is 8.56. The molecule has 2 saturated carbocycles. The standard InChI is InChI=1S/C29H40N4O3/c1-20(34)30-25-23-17-11-12-18-24(23)32-19-29(2,28(36)31-21-13-7-3-4-8-14-21)33(27(35)26(25)32)22-15-9-5-6-10-16-22/h11-12,17-18,21-22H,3-10,13-16,19H2,1-2H3,(H,30,34)(H,31,36)/t29-/m0/s1. The summed E-state index contributed by atoms with van der Waals surface area (Å²) in [6.45, 7) is 3.81. The predicted molar refractivity (Wildman–Crippen MR) is 142 cm³/mol. The van der Waals surface area contributed by atoms with Crippen LogP contribution in [0.5, 0.6) is 0 Å². The Kier molecular flexibility index (Phi) is 7.09. The van der Waals surface area contributed by atoms with E-state index in [0.29, 0.717) is 17.9 Å². The maximum atomic E-state index is 14.4. The van der Waals surface area contributed by atoms with E-state index in [-0.39, 0.29) is 29.8 Å². The highest BCUT2D eigenvalue weighted by molar-refractivity contribution is 6.14. The molecule has 7 nitrogen and oxygen atoms in total. The molecule has 1 aliphatic heterocycles. The number of para-hydroxylation sites is 1. The van der Waals surface area contributed by atoms with Crippen molar-refractivity contribution in [3.8, 4) is 0 Å². The lowest BCUT2D eigenvalue weighted by Crippen LogP contribution is -2.67. The Morgan fingerprint density at radius 2 is 1.53 bits per heavy atom. The van der Waals surface area contributed by atoms with E-state index in [1.807, 2.05) is 40.7 Å². The van der Waals surface area contributed by atoms with Gasteiger partial charge in [-0.25, -0.2) is 0 Å². The predicted octanol–water partition coefficient (Wildman–Crippen LogP) is 5.38. The minimum atomic E-state index is -0.999. The number of carbonyl (C=O) groups is 3. The first-order chi connectivity index (χ1) is 17.4. The molecule has 3 amide bonds. The molecule has 0 radical (unpaired) electrons. The number of rotatable bonds is 4. The van der Waals surface area contributed by atoms with Crippen molar-refractivity contribution in [3.63, 3.8) is 0 Å². The van der Waals surface area contributed by atoms with Crippen LogP contribution in [0.1, 0.15) is 101 Å². The molecular weight excluding hydrogens is 452 g/mol. The maximum Gasteiger partial charge on any atom is 0.273 e. The summed E-state index contributed by atoms with van der Waals surface area (Å²) in [7, 11) is 0. The van der Waals surface area contributed by atoms with Gasteiger partial charge in [-0.05, 0) is 38.7 Å². The summed E-state index contributed by atoms with van der Waals surface area (Å²) in [6.07, 6.45) is 13.0. The zero-order valence-electron chi connectivity index (χ0n) is 21.8. The number of nitrogens with zero attached hydrogens (tertiary/aromatic N) is 2. The van der Waals surface area contributed by atoms with E-state index in [4.69, 9.17) is 0 Å². The molecule has 2 N–H and O–H groups in total. The third kappa shape index (κ3) is 4.53. The van der Waals surface area contributed by atoms with Crippen molar-refractivity contribution in [1.82, 2.24) is 14.8 Å². The Balaban J connectivity index is 1.60. The van der Waals surface area contributed by atoms with E-state index in [1.54, 1.807) is 0 Å². The van der Waals surface area contributed by atoms with Gasteiger partial charge >= 0.3 is 0 Å². The quantitative estimate of drug-likeness (QED) is 0.563. The van der Waals surface area contributed by atoms with Gasteiger partial charge in [0.1, 0.15) is 11.2 Å². The van der Waals surface area contributed by atoms with Crippen LogP contribution in [0.3, 0.4) is 0 Å². The zero-order valence-corrected chi connectivity index (χ0v) is 21.8. The van der Waals surface area contributed by atoms with Crippen LogP contribution in [0.25, 0.3) is 10.9 Å². The first kappa shape index (κ1) is 24.8. The van der Waals surface area contributed by atoms with E-state index in [9.17, 15) is 14.4 Å². The number of benzene rings is 1. The lowest BCUT2D eigenvalue weighted by atomic mass is 9.89. The molecule has 2 fully saturated rings. The van der Waals surface area contributed by atoms with Gasteiger partial charge in [-0.3, -0.25) is 14.4 Å². The molecule has 2 aromatic rings. The van der Waals surface area contributed by atoms with Crippen LogP contribution < -0.4 is 10.6 Å². The van der Waals surface area contributed by atoms with E-state index >= 15 is 0 Å². The number of anilines is 1. The van der Waals surface area contributed by atoms with Gasteiger partial charge in [-0.1, -0.05) is 69.6 Å². The Hall–Kier alpha value is -2.83. The lowest BCUT2D eigenvalue weighted by molar-refractivity contribution is -0.135. The Bertz CT molecular complexity index is 1140. The molecule has 7 heteroatoms. The van der Waals surface area contributed by atoms with Gasteiger partial charge in [0.25, 0.3) is 5.91 Å². The topological polar surface area (TPSA) is 83.4 Å². The van der Waals surface area contributed by atoms with Crippen LogP contribution in [-0.2, 0) is 16.1 Å². The van der Waals surface area contributed by atoms with Gasteiger partial charge in [-0.15, -0.1) is 0 Å². The number of hydrogen-bond acceptors (Lipinski definition) is 3. The maximum absolute atomic E-state index is 14.4. The summed E-state index contributed by atoms with van der Waals surface area (Å²) in [5.74, 6) is -0.398. The number of carbonyl (C=O) groups excluding carboxylic acids is 3. The average Bonchev–Trinajstić information content (AvgIpc) is 3.11. The first-order valence-corrected chi connectivity index (χ1v) is 13.9. The molecule has 0 bridgehead atoms. The monoisotopic (exact) mass is 492 g/mol. The molecule has 1 atom stereocenters. The molecule has 2 aliphatic carbocycles. The number of nitrogens with one attached hydrogen (secondary N) is 2. The second-order valence-corrected chi connectivity index (χ2v) is 11.3. The molecule has 1 aromatic carbocycles. The molecule has 3 aliphatic rings. The minimum Gasteiger partial charge on any atom is -0.351 e. The molecular formula is C29H40N4O3. The average molecular weight is 493 g/mol. The van der Waals surface area contributed by atoms with Crippen molar-refractivity contribution in [3.05, 3.63) is 30.0 Å². The highest BCUT2D eigenvalue weighted by Gasteiger charge is 2.51. The summed E-state index contributed by atoms with van der Waals surface area (Å²) < 4.78 is 1.98. The summed E-state index contributed by atoms with van der Waals surface area (Å²) in [5.41, 5.74) is 0.933. The highest BCUT2D eigenvalue weighted by Crippen LogP contribution is 2.41. The third-order valence-corrected chi connectivity index (χ3v) is 8.56. The Labute approximate surface area is 214 Å². The largest absolute Gasteiger partial charge is 0.351 e. The minimum absolute atomic E-state index is 0.0156. The van der Waals surface area contributed by atoms with Gasteiger partial charge in [0.2, 0.25) is 11.8 Å². The molecule has 2 heterocycles. The number of amides is 3. The smallest absolute Gasteiger partial charge is 0.273 e. The van der Waals surface area contributed by atoms with Crippen molar-refractivity contribution in [2.24, 2.45) is 0 Å². The number of fused-ring (bicyclic) bond motifs is 3. The van der Waals surface area contributed by atoms with Crippen molar-refractivity contribution in [2.45, 2.75) is 115 Å². The van der Waals surface area contributed by atoms with E-state index < -0.39 is 5.54 Å². The van der Waals surface area contributed by atoms with Gasteiger partial charge in [0.15, 0.2) is 0 Å². The van der Waals surface area contributed by atoms with Gasteiger partial charge in [0, 0.05) is 24.4 Å². The number of hydrogen-bond donors (Lipinski definition) is 2. The summed E-state index contributed by atoms with van der Waals surface area (Å²) >= 11 is 0. The SMILES string of the molecule is CC(=O)Nc1c2n(c3ccccc13)C[C@@](C)(C(=O)NC1CCCCCC1)N(C1CCCCCC1)C2=O. The normalized spacial score (nSPS) is 24.2. The molecule has 0 unspecified atom stereocenters. The van der Waals surface area contributed by atoms with Gasteiger partial charge in [0.05, 0.1) is 17.7 Å². The molecule has 36 heavy (non-hydrogen) atoms. The van der Waals surface area contributed by atoms with Crippen LogP contribution in [0, 0.1) is 0 Å². The van der Waals surface area contributed by atoms with Crippen molar-refractivity contribution in [2.75, 3.05) is 5.32 Å². The zero-order chi connectivity index (χ0) is 25.3. The van der Waals surface area contributed by atoms with Crippen molar-refractivity contribution in [1.29, 1.82) is 0 Å². The fraction of sp³-hybridized carbons (Fsp3) is 0.621. The molecule has 0 spiro atoms.